The Morgan fingerprint density at radius 3 is 2.58 bits per heavy atom. The van der Waals surface area contributed by atoms with Gasteiger partial charge in [0.1, 0.15) is 5.75 Å². The summed E-state index contributed by atoms with van der Waals surface area (Å²) in [7, 11) is 1.63. The molecule has 0 aliphatic heterocycles. The number of hydrogen-bond donors (Lipinski definition) is 2. The molecular formula is C28H27N5O2S. The molecule has 0 aliphatic rings. The lowest BCUT2D eigenvalue weighted by atomic mass is 10.1. The number of aromatic amines is 1. The van der Waals surface area contributed by atoms with Gasteiger partial charge in [-0.15, -0.1) is 10.2 Å². The Labute approximate surface area is 213 Å². The smallest absolute Gasteiger partial charge is 0.233 e. The monoisotopic (exact) mass is 497 g/mol. The minimum Gasteiger partial charge on any atom is -0.497 e. The van der Waals surface area contributed by atoms with E-state index < -0.39 is 0 Å². The van der Waals surface area contributed by atoms with Crippen molar-refractivity contribution in [1.29, 1.82) is 0 Å². The maximum atomic E-state index is 12.9. The van der Waals surface area contributed by atoms with Gasteiger partial charge in [-0.3, -0.25) is 9.36 Å². The average Bonchev–Trinajstić information content (AvgIpc) is 3.51. The van der Waals surface area contributed by atoms with Crippen LogP contribution in [0.4, 0.5) is 0 Å². The maximum absolute atomic E-state index is 12.9. The van der Waals surface area contributed by atoms with Gasteiger partial charge in [-0.25, -0.2) is 0 Å². The van der Waals surface area contributed by atoms with E-state index in [1.165, 1.54) is 11.8 Å². The molecule has 2 aromatic heterocycles. The van der Waals surface area contributed by atoms with E-state index in [4.69, 9.17) is 4.74 Å². The lowest BCUT2D eigenvalue weighted by Crippen LogP contribution is -2.30. The van der Waals surface area contributed by atoms with Crippen molar-refractivity contribution >= 4 is 28.6 Å². The van der Waals surface area contributed by atoms with Gasteiger partial charge in [-0.1, -0.05) is 60.3 Å². The van der Waals surface area contributed by atoms with Gasteiger partial charge >= 0.3 is 0 Å². The number of hydrogen-bond acceptors (Lipinski definition) is 5. The highest BCUT2D eigenvalue weighted by atomic mass is 32.2. The van der Waals surface area contributed by atoms with Crippen LogP contribution in [0.25, 0.3) is 28.0 Å². The highest BCUT2D eigenvalue weighted by Crippen LogP contribution is 2.34. The molecule has 1 unspecified atom stereocenters. The quantitative estimate of drug-likeness (QED) is 0.275. The summed E-state index contributed by atoms with van der Waals surface area (Å²) in [6.07, 6.45) is 1.96. The van der Waals surface area contributed by atoms with Gasteiger partial charge in [0, 0.05) is 29.2 Å². The zero-order chi connectivity index (χ0) is 25.1. The first kappa shape index (κ1) is 23.7. The van der Waals surface area contributed by atoms with Crippen LogP contribution in [0, 0.1) is 6.92 Å². The van der Waals surface area contributed by atoms with E-state index in [9.17, 15) is 4.79 Å². The third-order valence-corrected chi connectivity index (χ3v) is 7.14. The van der Waals surface area contributed by atoms with Crippen LogP contribution in [-0.4, -0.2) is 38.0 Å². The lowest BCUT2D eigenvalue weighted by molar-refractivity contribution is -0.120. The molecule has 36 heavy (non-hydrogen) atoms. The van der Waals surface area contributed by atoms with Crippen molar-refractivity contribution in [2.24, 2.45) is 0 Å². The molecule has 0 saturated heterocycles. The molecule has 1 amide bonds. The van der Waals surface area contributed by atoms with Gasteiger partial charge in [0.05, 0.1) is 18.0 Å². The van der Waals surface area contributed by atoms with Crippen molar-refractivity contribution in [3.8, 4) is 22.8 Å². The molecule has 0 radical (unpaired) electrons. The second-order valence-corrected chi connectivity index (χ2v) is 9.81. The molecule has 5 rings (SSSR count). The number of ether oxygens (including phenoxy) is 1. The number of rotatable bonds is 8. The predicted molar refractivity (Wildman–Crippen MR) is 144 cm³/mol. The first-order valence-electron chi connectivity index (χ1n) is 11.7. The third-order valence-electron chi connectivity index (χ3n) is 6.10. The first-order chi connectivity index (χ1) is 17.5. The number of H-pyrrole nitrogens is 1. The van der Waals surface area contributed by atoms with Gasteiger partial charge in [0.25, 0.3) is 0 Å². The van der Waals surface area contributed by atoms with E-state index in [1.54, 1.807) is 7.11 Å². The van der Waals surface area contributed by atoms with Crippen LogP contribution in [0.15, 0.2) is 84.1 Å². The third kappa shape index (κ3) is 4.72. The Bertz CT molecular complexity index is 1510. The zero-order valence-corrected chi connectivity index (χ0v) is 21.2. The number of benzene rings is 3. The van der Waals surface area contributed by atoms with Crippen molar-refractivity contribution in [2.75, 3.05) is 7.11 Å². The largest absolute Gasteiger partial charge is 0.497 e. The van der Waals surface area contributed by atoms with Gasteiger partial charge in [-0.05, 0) is 49.2 Å². The molecule has 2 heterocycles. The van der Waals surface area contributed by atoms with Crippen molar-refractivity contribution in [3.05, 3.63) is 90.1 Å². The summed E-state index contributed by atoms with van der Waals surface area (Å²) >= 11 is 1.39. The summed E-state index contributed by atoms with van der Waals surface area (Å²) in [5.41, 5.74) is 5.08. The van der Waals surface area contributed by atoms with Crippen LogP contribution in [-0.2, 0) is 11.3 Å². The number of aryl methyl sites for hydroxylation is 1. The van der Waals surface area contributed by atoms with Crippen LogP contribution in [0.3, 0.4) is 0 Å². The number of carbonyl (C=O) groups excluding carboxylic acids is 1. The zero-order valence-electron chi connectivity index (χ0n) is 20.4. The van der Waals surface area contributed by atoms with Crippen molar-refractivity contribution in [2.45, 2.75) is 30.8 Å². The number of thioether (sulfide) groups is 1. The molecule has 0 fully saturated rings. The number of nitrogens with one attached hydrogen (secondary N) is 2. The molecule has 2 N–H and O–H groups in total. The first-order valence-corrected chi connectivity index (χ1v) is 12.6. The Kier molecular flexibility index (Phi) is 6.77. The number of carbonyl (C=O) groups is 1. The van der Waals surface area contributed by atoms with Crippen molar-refractivity contribution in [3.63, 3.8) is 0 Å². The van der Waals surface area contributed by atoms with E-state index in [2.05, 4.69) is 45.6 Å². The fourth-order valence-corrected chi connectivity index (χ4v) is 4.98. The Morgan fingerprint density at radius 1 is 1.06 bits per heavy atom. The second kappa shape index (κ2) is 10.3. The molecule has 3 aromatic carbocycles. The van der Waals surface area contributed by atoms with Crippen molar-refractivity contribution < 1.29 is 9.53 Å². The molecule has 7 nitrogen and oxygen atoms in total. The van der Waals surface area contributed by atoms with Crippen LogP contribution in [0.1, 0.15) is 18.1 Å². The Morgan fingerprint density at radius 2 is 1.81 bits per heavy atom. The minimum atomic E-state index is -0.369. The molecular weight excluding hydrogens is 470 g/mol. The van der Waals surface area contributed by atoms with Gasteiger partial charge in [0.15, 0.2) is 11.0 Å². The molecule has 0 aliphatic carbocycles. The number of methoxy groups -OCH3 is 1. The fourth-order valence-electron chi connectivity index (χ4n) is 4.10. The minimum absolute atomic E-state index is 0.0659. The van der Waals surface area contributed by atoms with E-state index in [1.807, 2.05) is 72.3 Å². The second-order valence-electron chi connectivity index (χ2n) is 8.50. The Balaban J connectivity index is 1.43. The SMILES string of the molecule is COc1ccc(CNC(=O)C(C)Sc2nnc(-c3c[nH]c4ccccc34)n2-c2ccccc2C)cc1. The van der Waals surface area contributed by atoms with E-state index in [0.29, 0.717) is 11.7 Å². The van der Waals surface area contributed by atoms with Crippen LogP contribution >= 0.6 is 11.8 Å². The molecule has 8 heteroatoms. The average molecular weight is 498 g/mol. The molecule has 0 bridgehead atoms. The highest BCUT2D eigenvalue weighted by Gasteiger charge is 2.23. The van der Waals surface area contributed by atoms with E-state index in [0.717, 1.165) is 44.9 Å². The topological polar surface area (TPSA) is 84.8 Å². The molecule has 0 saturated carbocycles. The maximum Gasteiger partial charge on any atom is 0.233 e. The predicted octanol–water partition coefficient (Wildman–Crippen LogP) is 5.53. The summed E-state index contributed by atoms with van der Waals surface area (Å²) in [6.45, 7) is 4.39. The highest BCUT2D eigenvalue weighted by molar-refractivity contribution is 8.00. The molecule has 5 aromatic rings. The summed E-state index contributed by atoms with van der Waals surface area (Å²) in [6, 6.07) is 23.9. The number of fused-ring (bicyclic) bond motifs is 1. The number of aromatic nitrogens is 4. The van der Waals surface area contributed by atoms with Gasteiger partial charge in [-0.2, -0.15) is 0 Å². The number of nitrogens with zero attached hydrogens (tertiary/aromatic N) is 3. The van der Waals surface area contributed by atoms with Crippen molar-refractivity contribution in [1.82, 2.24) is 25.1 Å². The van der Waals surface area contributed by atoms with Gasteiger partial charge < -0.3 is 15.0 Å². The Hall–Kier alpha value is -4.04. The summed E-state index contributed by atoms with van der Waals surface area (Å²) in [5, 5.41) is 13.5. The standard InChI is InChI=1S/C28H27N5O2S/c1-18-8-4-7-11-25(18)33-26(23-17-29-24-10-6-5-9-22(23)24)31-32-28(33)36-19(2)27(34)30-16-20-12-14-21(35-3)15-13-20/h4-15,17,19,29H,16H2,1-3H3,(H,30,34). The van der Waals surface area contributed by atoms with Crippen LogP contribution in [0.2, 0.25) is 0 Å². The molecule has 182 valence electrons. The normalized spacial score (nSPS) is 12.0. The summed E-state index contributed by atoms with van der Waals surface area (Å²) < 4.78 is 7.24. The molecule has 1 atom stereocenters. The number of para-hydroxylation sites is 2. The van der Waals surface area contributed by atoms with Crippen LogP contribution < -0.4 is 10.1 Å². The van der Waals surface area contributed by atoms with E-state index >= 15 is 0 Å². The fraction of sp³-hybridized carbons (Fsp3) is 0.179. The van der Waals surface area contributed by atoms with Gasteiger partial charge in [0.2, 0.25) is 5.91 Å². The lowest BCUT2D eigenvalue weighted by Gasteiger charge is -2.15. The van der Waals surface area contributed by atoms with E-state index in [-0.39, 0.29) is 11.2 Å². The summed E-state index contributed by atoms with van der Waals surface area (Å²) in [5.74, 6) is 1.45. The number of amides is 1. The summed E-state index contributed by atoms with van der Waals surface area (Å²) in [4.78, 5) is 16.3. The van der Waals surface area contributed by atoms with Crippen LogP contribution in [0.5, 0.6) is 5.75 Å². The molecule has 0 spiro atoms.